The Balaban J connectivity index is 2.10. The van der Waals surface area contributed by atoms with Gasteiger partial charge in [0.1, 0.15) is 0 Å². The Bertz CT molecular complexity index is 318. The molecule has 1 rings (SSSR count). The largest absolute Gasteiger partial charge is 0.338 e. The highest BCUT2D eigenvalue weighted by Crippen LogP contribution is 1.93. The molecule has 7 nitrogen and oxygen atoms in total. The van der Waals surface area contributed by atoms with E-state index < -0.39 is 6.03 Å². The molecule has 0 spiro atoms. The van der Waals surface area contributed by atoms with Crippen LogP contribution in [0, 0.1) is 0 Å². The van der Waals surface area contributed by atoms with Crippen molar-refractivity contribution in [3.63, 3.8) is 0 Å². The normalized spacial score (nSPS) is 16.0. The molecule has 1 fully saturated rings. The first kappa shape index (κ1) is 17.9. The number of carbonyl (C=O) groups is 2. The van der Waals surface area contributed by atoms with Gasteiger partial charge in [0, 0.05) is 45.8 Å². The van der Waals surface area contributed by atoms with Gasteiger partial charge in [0.15, 0.2) is 0 Å². The fraction of sp³-hybridized carbons (Fsp3) is 0.857. The third-order valence-electron chi connectivity index (χ3n) is 3.49. The predicted octanol–water partition coefficient (Wildman–Crippen LogP) is -0.551. The first-order valence-corrected chi connectivity index (χ1v) is 7.81. The van der Waals surface area contributed by atoms with Crippen LogP contribution in [0.3, 0.4) is 0 Å². The van der Waals surface area contributed by atoms with E-state index >= 15 is 0 Å². The van der Waals surface area contributed by atoms with Crippen LogP contribution < -0.4 is 16.0 Å². The van der Waals surface area contributed by atoms with Crippen molar-refractivity contribution in [3.05, 3.63) is 0 Å². The lowest BCUT2D eigenvalue weighted by Gasteiger charge is -2.28. The van der Waals surface area contributed by atoms with Crippen molar-refractivity contribution in [1.29, 1.82) is 0 Å². The van der Waals surface area contributed by atoms with Gasteiger partial charge in [-0.15, -0.1) is 0 Å². The monoisotopic (exact) mass is 299 g/mol. The maximum Gasteiger partial charge on any atom is 0.321 e. The van der Waals surface area contributed by atoms with Crippen LogP contribution in [0.2, 0.25) is 0 Å². The highest BCUT2D eigenvalue weighted by atomic mass is 16.2. The Kier molecular flexibility index (Phi) is 8.96. The SMILES string of the molecule is CCCCNC(=O)NC(=O)CN(C)CCN1CCNCC1. The highest BCUT2D eigenvalue weighted by Gasteiger charge is 2.13. The molecule has 0 saturated carbocycles. The zero-order valence-corrected chi connectivity index (χ0v) is 13.3. The molecule has 0 aliphatic carbocycles. The average molecular weight is 299 g/mol. The number of carbonyl (C=O) groups excluding carboxylic acids is 2. The van der Waals surface area contributed by atoms with E-state index in [1.807, 2.05) is 11.9 Å². The van der Waals surface area contributed by atoms with Crippen LogP contribution in [0.15, 0.2) is 0 Å². The molecule has 0 unspecified atom stereocenters. The molecule has 1 saturated heterocycles. The molecule has 3 amide bonds. The molecule has 0 aromatic heterocycles. The van der Waals surface area contributed by atoms with Gasteiger partial charge in [-0.1, -0.05) is 13.3 Å². The van der Waals surface area contributed by atoms with E-state index in [1.54, 1.807) is 0 Å². The average Bonchev–Trinajstić information content (AvgIpc) is 2.46. The van der Waals surface area contributed by atoms with E-state index in [9.17, 15) is 9.59 Å². The number of urea groups is 1. The topological polar surface area (TPSA) is 76.7 Å². The first-order valence-electron chi connectivity index (χ1n) is 7.81. The summed E-state index contributed by atoms with van der Waals surface area (Å²) in [5, 5.41) is 8.33. The van der Waals surface area contributed by atoms with Gasteiger partial charge >= 0.3 is 6.03 Å². The van der Waals surface area contributed by atoms with Gasteiger partial charge in [-0.2, -0.15) is 0 Å². The third-order valence-corrected chi connectivity index (χ3v) is 3.49. The quantitative estimate of drug-likeness (QED) is 0.524. The van der Waals surface area contributed by atoms with Gasteiger partial charge < -0.3 is 10.6 Å². The number of likely N-dealkylation sites (N-methyl/N-ethyl adjacent to an activating group) is 1. The van der Waals surface area contributed by atoms with E-state index in [0.717, 1.165) is 52.1 Å². The van der Waals surface area contributed by atoms with Crippen molar-refractivity contribution in [1.82, 2.24) is 25.8 Å². The van der Waals surface area contributed by atoms with Gasteiger partial charge in [0.2, 0.25) is 5.91 Å². The van der Waals surface area contributed by atoms with Gasteiger partial charge in [-0.3, -0.25) is 19.9 Å². The van der Waals surface area contributed by atoms with Gasteiger partial charge in [-0.05, 0) is 13.5 Å². The second-order valence-electron chi connectivity index (χ2n) is 5.49. The Hall–Kier alpha value is -1.18. The van der Waals surface area contributed by atoms with E-state index in [2.05, 4.69) is 27.8 Å². The van der Waals surface area contributed by atoms with Crippen LogP contribution in [0.5, 0.6) is 0 Å². The maximum absolute atomic E-state index is 11.7. The van der Waals surface area contributed by atoms with Crippen LogP contribution in [-0.2, 0) is 4.79 Å². The fourth-order valence-corrected chi connectivity index (χ4v) is 2.16. The molecule has 21 heavy (non-hydrogen) atoms. The Labute approximate surface area is 127 Å². The summed E-state index contributed by atoms with van der Waals surface area (Å²) in [5.41, 5.74) is 0. The second-order valence-corrected chi connectivity index (χ2v) is 5.49. The zero-order valence-electron chi connectivity index (χ0n) is 13.3. The molecule has 0 atom stereocenters. The summed E-state index contributed by atoms with van der Waals surface area (Å²) in [6.45, 7) is 8.85. The van der Waals surface area contributed by atoms with Crippen LogP contribution in [0.25, 0.3) is 0 Å². The minimum absolute atomic E-state index is 0.243. The third kappa shape index (κ3) is 8.64. The first-order chi connectivity index (χ1) is 10.1. The number of nitrogens with one attached hydrogen (secondary N) is 3. The number of nitrogens with zero attached hydrogens (tertiary/aromatic N) is 2. The maximum atomic E-state index is 11.7. The molecule has 0 aromatic rings. The van der Waals surface area contributed by atoms with Crippen molar-refractivity contribution in [2.45, 2.75) is 19.8 Å². The van der Waals surface area contributed by atoms with E-state index in [4.69, 9.17) is 0 Å². The van der Waals surface area contributed by atoms with Crippen LogP contribution in [0.4, 0.5) is 4.79 Å². The lowest BCUT2D eigenvalue weighted by molar-refractivity contribution is -0.120. The molecule has 1 heterocycles. The number of rotatable bonds is 8. The Morgan fingerprint density at radius 1 is 1.29 bits per heavy atom. The number of hydrogen-bond donors (Lipinski definition) is 3. The Morgan fingerprint density at radius 2 is 2.00 bits per heavy atom. The van der Waals surface area contributed by atoms with Crippen molar-refractivity contribution in [3.8, 4) is 0 Å². The number of piperazine rings is 1. The van der Waals surface area contributed by atoms with Crippen LogP contribution in [0.1, 0.15) is 19.8 Å². The summed E-state index contributed by atoms with van der Waals surface area (Å²) < 4.78 is 0. The summed E-state index contributed by atoms with van der Waals surface area (Å²) in [6, 6.07) is -0.399. The van der Waals surface area contributed by atoms with E-state index in [0.29, 0.717) is 6.54 Å². The second kappa shape index (κ2) is 10.5. The van der Waals surface area contributed by atoms with Gasteiger partial charge in [-0.25, -0.2) is 4.79 Å². The molecule has 0 radical (unpaired) electrons. The molecule has 1 aliphatic rings. The number of hydrogen-bond acceptors (Lipinski definition) is 5. The number of unbranched alkanes of at least 4 members (excludes halogenated alkanes) is 1. The predicted molar refractivity (Wildman–Crippen MR) is 83.3 cm³/mol. The summed E-state index contributed by atoms with van der Waals surface area (Å²) in [7, 11) is 1.90. The number of amides is 3. The summed E-state index contributed by atoms with van der Waals surface area (Å²) in [5.74, 6) is -0.258. The lowest BCUT2D eigenvalue weighted by Crippen LogP contribution is -2.47. The van der Waals surface area contributed by atoms with Crippen molar-refractivity contribution in [2.75, 3.05) is 59.4 Å². The molecule has 0 bridgehead atoms. The molecular formula is C14H29N5O2. The summed E-state index contributed by atoms with van der Waals surface area (Å²) >= 11 is 0. The molecule has 7 heteroatoms. The van der Waals surface area contributed by atoms with Gasteiger partial charge in [0.05, 0.1) is 6.54 Å². The molecule has 0 aromatic carbocycles. The van der Waals surface area contributed by atoms with Crippen molar-refractivity contribution >= 4 is 11.9 Å². The lowest BCUT2D eigenvalue weighted by atomic mass is 10.3. The smallest absolute Gasteiger partial charge is 0.321 e. The minimum Gasteiger partial charge on any atom is -0.338 e. The highest BCUT2D eigenvalue weighted by molar-refractivity contribution is 5.95. The fourth-order valence-electron chi connectivity index (χ4n) is 2.16. The summed E-state index contributed by atoms with van der Waals surface area (Å²) in [4.78, 5) is 27.5. The van der Waals surface area contributed by atoms with E-state index in [-0.39, 0.29) is 12.5 Å². The Morgan fingerprint density at radius 3 is 2.67 bits per heavy atom. The molecule has 1 aliphatic heterocycles. The van der Waals surface area contributed by atoms with Crippen LogP contribution in [-0.4, -0.2) is 81.1 Å². The van der Waals surface area contributed by atoms with Crippen molar-refractivity contribution < 1.29 is 9.59 Å². The number of imide groups is 1. The van der Waals surface area contributed by atoms with E-state index in [1.165, 1.54) is 0 Å². The minimum atomic E-state index is -0.399. The molecular weight excluding hydrogens is 270 g/mol. The standard InChI is InChI=1S/C14H29N5O2/c1-3-4-5-16-14(21)17-13(20)12-18(2)10-11-19-8-6-15-7-9-19/h15H,3-12H2,1-2H3,(H2,16,17,20,21). The van der Waals surface area contributed by atoms with Crippen molar-refractivity contribution in [2.24, 2.45) is 0 Å². The van der Waals surface area contributed by atoms with Gasteiger partial charge in [0.25, 0.3) is 0 Å². The van der Waals surface area contributed by atoms with Crippen LogP contribution >= 0.6 is 0 Å². The molecule has 3 N–H and O–H groups in total. The zero-order chi connectivity index (χ0) is 15.5. The summed E-state index contributed by atoms with van der Waals surface area (Å²) in [6.07, 6.45) is 1.94. The molecule has 122 valence electrons.